The van der Waals surface area contributed by atoms with E-state index in [-0.39, 0.29) is 11.9 Å². The first kappa shape index (κ1) is 14.9. The minimum absolute atomic E-state index is 0.176. The normalized spacial score (nSPS) is 16.8. The fourth-order valence-corrected chi connectivity index (χ4v) is 2.73. The number of aromatic nitrogens is 4. The molecule has 0 amide bonds. The van der Waals surface area contributed by atoms with Gasteiger partial charge in [-0.05, 0) is 37.9 Å². The van der Waals surface area contributed by atoms with Crippen LogP contribution < -0.4 is 4.74 Å². The van der Waals surface area contributed by atoms with Crippen LogP contribution in [0, 0.1) is 5.82 Å². The van der Waals surface area contributed by atoms with E-state index in [0.717, 1.165) is 51.1 Å². The Balaban J connectivity index is 1.37. The van der Waals surface area contributed by atoms with Gasteiger partial charge in [0, 0.05) is 25.6 Å². The van der Waals surface area contributed by atoms with Crippen molar-refractivity contribution in [3.8, 4) is 5.75 Å². The number of aryl methyl sites for hydroxylation is 1. The van der Waals surface area contributed by atoms with E-state index in [4.69, 9.17) is 4.74 Å². The molecule has 0 spiro atoms. The summed E-state index contributed by atoms with van der Waals surface area (Å²) in [4.78, 5) is 2.42. The van der Waals surface area contributed by atoms with Gasteiger partial charge in [-0.15, -0.1) is 10.2 Å². The zero-order chi connectivity index (χ0) is 15.2. The Labute approximate surface area is 128 Å². The third-order valence-electron chi connectivity index (χ3n) is 3.90. The quantitative estimate of drug-likeness (QED) is 0.881. The number of likely N-dealkylation sites (tertiary alicyclic amines) is 1. The van der Waals surface area contributed by atoms with Gasteiger partial charge in [0.1, 0.15) is 17.7 Å². The molecule has 1 aliphatic rings. The molecular formula is C15H20FN5O. The SMILES string of the molecule is Fc1cccc(OC2CCN(CCCc3nn[nH]n3)CC2)c1. The van der Waals surface area contributed by atoms with Gasteiger partial charge in [-0.2, -0.15) is 5.21 Å². The van der Waals surface area contributed by atoms with E-state index in [0.29, 0.717) is 5.75 Å². The van der Waals surface area contributed by atoms with Crippen LogP contribution in [0.1, 0.15) is 25.1 Å². The van der Waals surface area contributed by atoms with Crippen LogP contribution >= 0.6 is 0 Å². The molecule has 22 heavy (non-hydrogen) atoms. The van der Waals surface area contributed by atoms with Crippen molar-refractivity contribution in [1.29, 1.82) is 0 Å². The van der Waals surface area contributed by atoms with Gasteiger partial charge in [-0.3, -0.25) is 0 Å². The number of aromatic amines is 1. The molecule has 2 aromatic rings. The second-order valence-electron chi connectivity index (χ2n) is 5.55. The molecule has 0 unspecified atom stereocenters. The molecule has 1 aromatic carbocycles. The van der Waals surface area contributed by atoms with E-state index in [1.54, 1.807) is 12.1 Å². The van der Waals surface area contributed by atoms with Gasteiger partial charge in [0.25, 0.3) is 0 Å². The molecule has 0 radical (unpaired) electrons. The summed E-state index contributed by atoms with van der Waals surface area (Å²) in [7, 11) is 0. The lowest BCUT2D eigenvalue weighted by atomic mass is 10.1. The van der Waals surface area contributed by atoms with E-state index >= 15 is 0 Å². The van der Waals surface area contributed by atoms with Crippen LogP contribution in [-0.4, -0.2) is 51.3 Å². The van der Waals surface area contributed by atoms with Crippen molar-refractivity contribution >= 4 is 0 Å². The fourth-order valence-electron chi connectivity index (χ4n) is 2.73. The predicted octanol–water partition coefficient (Wildman–Crippen LogP) is 1.81. The number of H-pyrrole nitrogens is 1. The highest BCUT2D eigenvalue weighted by Gasteiger charge is 2.20. The zero-order valence-corrected chi connectivity index (χ0v) is 12.4. The van der Waals surface area contributed by atoms with Crippen molar-refractivity contribution in [1.82, 2.24) is 25.5 Å². The maximum Gasteiger partial charge on any atom is 0.174 e. The molecule has 6 nitrogen and oxygen atoms in total. The second-order valence-corrected chi connectivity index (χ2v) is 5.55. The number of ether oxygens (including phenoxy) is 1. The number of piperidine rings is 1. The lowest BCUT2D eigenvalue weighted by Gasteiger charge is -2.32. The van der Waals surface area contributed by atoms with Gasteiger partial charge < -0.3 is 9.64 Å². The molecule has 7 heteroatoms. The van der Waals surface area contributed by atoms with Gasteiger partial charge in [-0.25, -0.2) is 4.39 Å². The van der Waals surface area contributed by atoms with E-state index in [1.165, 1.54) is 12.1 Å². The van der Waals surface area contributed by atoms with Crippen molar-refractivity contribution in [3.63, 3.8) is 0 Å². The molecule has 0 aliphatic carbocycles. The van der Waals surface area contributed by atoms with Crippen molar-refractivity contribution in [2.45, 2.75) is 31.8 Å². The summed E-state index contributed by atoms with van der Waals surface area (Å²) >= 11 is 0. The summed E-state index contributed by atoms with van der Waals surface area (Å²) in [6.07, 6.45) is 3.98. The summed E-state index contributed by atoms with van der Waals surface area (Å²) in [6, 6.07) is 6.36. The van der Waals surface area contributed by atoms with Gasteiger partial charge in [0.05, 0.1) is 0 Å². The van der Waals surface area contributed by atoms with Gasteiger partial charge >= 0.3 is 0 Å². The number of halogens is 1. The molecule has 2 heterocycles. The molecule has 0 atom stereocenters. The number of hydrogen-bond donors (Lipinski definition) is 1. The van der Waals surface area contributed by atoms with Crippen LogP contribution in [0.2, 0.25) is 0 Å². The minimum atomic E-state index is -0.253. The monoisotopic (exact) mass is 305 g/mol. The number of hydrogen-bond acceptors (Lipinski definition) is 5. The summed E-state index contributed by atoms with van der Waals surface area (Å²) < 4.78 is 19.0. The predicted molar refractivity (Wildman–Crippen MR) is 79.0 cm³/mol. The average molecular weight is 305 g/mol. The number of benzene rings is 1. The Morgan fingerprint density at radius 2 is 2.18 bits per heavy atom. The summed E-state index contributed by atoms with van der Waals surface area (Å²) in [5.41, 5.74) is 0. The topological polar surface area (TPSA) is 66.9 Å². The van der Waals surface area contributed by atoms with Crippen molar-refractivity contribution < 1.29 is 9.13 Å². The van der Waals surface area contributed by atoms with Crippen molar-refractivity contribution in [2.24, 2.45) is 0 Å². The van der Waals surface area contributed by atoms with Gasteiger partial charge in [0.2, 0.25) is 0 Å². The van der Waals surface area contributed by atoms with Crippen LogP contribution in [0.5, 0.6) is 5.75 Å². The maximum atomic E-state index is 13.1. The highest BCUT2D eigenvalue weighted by Crippen LogP contribution is 2.19. The Kier molecular flexibility index (Phi) is 4.95. The molecule has 3 rings (SSSR count). The first-order valence-corrected chi connectivity index (χ1v) is 7.66. The Bertz CT molecular complexity index is 569. The van der Waals surface area contributed by atoms with Crippen LogP contribution in [0.15, 0.2) is 24.3 Å². The van der Waals surface area contributed by atoms with E-state index in [1.807, 2.05) is 0 Å². The molecule has 1 fully saturated rings. The third kappa shape index (κ3) is 4.24. The van der Waals surface area contributed by atoms with E-state index in [9.17, 15) is 4.39 Å². The molecule has 1 aliphatic heterocycles. The highest BCUT2D eigenvalue weighted by atomic mass is 19.1. The van der Waals surface area contributed by atoms with Gasteiger partial charge in [0.15, 0.2) is 5.82 Å². The molecule has 1 aromatic heterocycles. The number of nitrogens with one attached hydrogen (secondary N) is 1. The molecule has 1 saturated heterocycles. The Hall–Kier alpha value is -2.02. The summed E-state index contributed by atoms with van der Waals surface area (Å²) in [5.74, 6) is 1.14. The second kappa shape index (κ2) is 7.31. The number of rotatable bonds is 6. The van der Waals surface area contributed by atoms with Crippen LogP contribution in [0.4, 0.5) is 4.39 Å². The number of tetrazole rings is 1. The lowest BCUT2D eigenvalue weighted by Crippen LogP contribution is -2.38. The van der Waals surface area contributed by atoms with Gasteiger partial charge in [-0.1, -0.05) is 11.3 Å². The zero-order valence-electron chi connectivity index (χ0n) is 12.4. The standard InChI is InChI=1S/C15H20FN5O/c16-12-3-1-4-14(11-12)22-13-6-9-21(10-7-13)8-2-5-15-17-19-20-18-15/h1,3-4,11,13H,2,5-10H2,(H,17,18,19,20). The highest BCUT2D eigenvalue weighted by molar-refractivity contribution is 5.22. The summed E-state index contributed by atoms with van der Waals surface area (Å²) in [5, 5.41) is 13.9. The minimum Gasteiger partial charge on any atom is -0.490 e. The largest absolute Gasteiger partial charge is 0.490 e. The Morgan fingerprint density at radius 1 is 1.32 bits per heavy atom. The lowest BCUT2D eigenvalue weighted by molar-refractivity contribution is 0.0996. The van der Waals surface area contributed by atoms with Crippen LogP contribution in [-0.2, 0) is 6.42 Å². The average Bonchev–Trinajstić information content (AvgIpc) is 3.02. The smallest absolute Gasteiger partial charge is 0.174 e. The third-order valence-corrected chi connectivity index (χ3v) is 3.90. The van der Waals surface area contributed by atoms with Crippen LogP contribution in [0.3, 0.4) is 0 Å². The van der Waals surface area contributed by atoms with E-state index in [2.05, 4.69) is 25.5 Å². The number of nitrogens with zero attached hydrogens (tertiary/aromatic N) is 4. The molecule has 0 bridgehead atoms. The van der Waals surface area contributed by atoms with Crippen LogP contribution in [0.25, 0.3) is 0 Å². The molecule has 1 N–H and O–H groups in total. The van der Waals surface area contributed by atoms with E-state index < -0.39 is 0 Å². The Morgan fingerprint density at radius 3 is 2.91 bits per heavy atom. The molecule has 0 saturated carbocycles. The first-order valence-electron chi connectivity index (χ1n) is 7.66. The maximum absolute atomic E-state index is 13.1. The summed E-state index contributed by atoms with van der Waals surface area (Å²) in [6.45, 7) is 3.04. The van der Waals surface area contributed by atoms with Crippen molar-refractivity contribution in [2.75, 3.05) is 19.6 Å². The fraction of sp³-hybridized carbons (Fsp3) is 0.533. The van der Waals surface area contributed by atoms with Crippen molar-refractivity contribution in [3.05, 3.63) is 35.9 Å². The molecular weight excluding hydrogens is 285 g/mol. The molecule has 118 valence electrons. The first-order chi connectivity index (χ1) is 10.8.